The van der Waals surface area contributed by atoms with E-state index in [0.29, 0.717) is 16.9 Å². The van der Waals surface area contributed by atoms with Gasteiger partial charge in [-0.05, 0) is 24.1 Å². The van der Waals surface area contributed by atoms with Crippen LogP contribution >= 0.6 is 0 Å². The zero-order valence-electron chi connectivity index (χ0n) is 20.2. The first-order valence-corrected chi connectivity index (χ1v) is 11.4. The summed E-state index contributed by atoms with van der Waals surface area (Å²) in [5.41, 5.74) is 12.3. The quantitative estimate of drug-likeness (QED) is 0.273. The highest BCUT2D eigenvalue weighted by Gasteiger charge is 2.34. The van der Waals surface area contributed by atoms with Gasteiger partial charge in [-0.3, -0.25) is 9.59 Å². The van der Waals surface area contributed by atoms with Crippen molar-refractivity contribution >= 4 is 23.5 Å². The second-order valence-electron chi connectivity index (χ2n) is 9.17. The highest BCUT2D eigenvalue weighted by molar-refractivity contribution is 5.88. The van der Waals surface area contributed by atoms with E-state index >= 15 is 0 Å². The Labute approximate surface area is 208 Å². The minimum atomic E-state index is -0.883. The second kappa shape index (κ2) is 11.5. The van der Waals surface area contributed by atoms with Crippen LogP contribution in [0.1, 0.15) is 44.3 Å². The van der Waals surface area contributed by atoms with Crippen LogP contribution in [-0.4, -0.2) is 44.6 Å². The molecule has 7 N–H and O–H groups in total. The lowest BCUT2D eigenvalue weighted by Gasteiger charge is -2.34. The van der Waals surface area contributed by atoms with Crippen LogP contribution in [0, 0.1) is 5.41 Å². The van der Waals surface area contributed by atoms with Crippen molar-refractivity contribution < 1.29 is 19.5 Å². The second-order valence-corrected chi connectivity index (χ2v) is 9.17. The van der Waals surface area contributed by atoms with Crippen molar-refractivity contribution in [3.8, 4) is 11.3 Å². The Morgan fingerprint density at radius 3 is 2.44 bits per heavy atom. The van der Waals surface area contributed by atoms with Gasteiger partial charge >= 0.3 is 6.03 Å². The van der Waals surface area contributed by atoms with Crippen LogP contribution in [0.15, 0.2) is 60.8 Å². The molecule has 0 fully saturated rings. The van der Waals surface area contributed by atoms with Gasteiger partial charge in [0.25, 0.3) is 0 Å². The van der Waals surface area contributed by atoms with Crippen LogP contribution in [0.5, 0.6) is 0 Å². The Balaban J connectivity index is 1.91. The van der Waals surface area contributed by atoms with Crippen LogP contribution < -0.4 is 22.1 Å². The molecular weight excluding hydrogens is 462 g/mol. The zero-order chi connectivity index (χ0) is 26.3. The number of aliphatic hydroxyl groups excluding tert-OH is 1. The summed E-state index contributed by atoms with van der Waals surface area (Å²) in [5.74, 6) is -0.944. The summed E-state index contributed by atoms with van der Waals surface area (Å²) in [6.07, 6.45) is 1.66. The summed E-state index contributed by atoms with van der Waals surface area (Å²) in [7, 11) is 0. The molecule has 3 rings (SSSR count). The fraction of sp³-hybridized carbons (Fsp3) is 0.320. The molecule has 11 nitrogen and oxygen atoms in total. The standard InChI is InChI=1S/C25H31N7O4/c1-25(2,15-33)22(16-7-4-3-5-8-16)29-23(35)20(11-12-21(26)34)32-14-19(30-31-32)17-9-6-10-18(13-17)28-24(27)36/h3-10,13-14,20,22,33H,11-12,15H2,1-2H3,(H2,26,34)(H,29,35)(H3,27,28,36). The Morgan fingerprint density at radius 1 is 1.08 bits per heavy atom. The Morgan fingerprint density at radius 2 is 1.81 bits per heavy atom. The van der Waals surface area contributed by atoms with Crippen molar-refractivity contribution in [2.45, 2.75) is 38.8 Å². The smallest absolute Gasteiger partial charge is 0.316 e. The minimum absolute atomic E-state index is 0.0370. The predicted molar refractivity (Wildman–Crippen MR) is 134 cm³/mol. The maximum Gasteiger partial charge on any atom is 0.316 e. The number of hydrogen-bond acceptors (Lipinski definition) is 6. The maximum atomic E-state index is 13.5. The van der Waals surface area contributed by atoms with Gasteiger partial charge in [0.1, 0.15) is 11.7 Å². The van der Waals surface area contributed by atoms with E-state index in [1.807, 2.05) is 44.2 Å². The molecule has 36 heavy (non-hydrogen) atoms. The van der Waals surface area contributed by atoms with Crippen LogP contribution in [0.2, 0.25) is 0 Å². The molecule has 3 aromatic rings. The number of nitrogens with one attached hydrogen (secondary N) is 2. The number of anilines is 1. The molecule has 2 aromatic carbocycles. The number of aliphatic hydroxyl groups is 1. The van der Waals surface area contributed by atoms with Crippen LogP contribution in [0.3, 0.4) is 0 Å². The zero-order valence-corrected chi connectivity index (χ0v) is 20.2. The third kappa shape index (κ3) is 6.66. The van der Waals surface area contributed by atoms with E-state index in [0.717, 1.165) is 5.56 Å². The third-order valence-corrected chi connectivity index (χ3v) is 5.83. The first-order chi connectivity index (χ1) is 17.1. The topological polar surface area (TPSA) is 178 Å². The van der Waals surface area contributed by atoms with Crippen LogP contribution in [-0.2, 0) is 9.59 Å². The molecule has 0 bridgehead atoms. The highest BCUT2D eigenvalue weighted by atomic mass is 16.3. The van der Waals surface area contributed by atoms with E-state index in [1.54, 1.807) is 30.5 Å². The van der Waals surface area contributed by atoms with Gasteiger partial charge in [0, 0.05) is 23.1 Å². The van der Waals surface area contributed by atoms with Gasteiger partial charge in [0.05, 0.1) is 18.8 Å². The van der Waals surface area contributed by atoms with E-state index < -0.39 is 35.3 Å². The van der Waals surface area contributed by atoms with Crippen LogP contribution in [0.25, 0.3) is 11.3 Å². The first-order valence-electron chi connectivity index (χ1n) is 11.4. The molecule has 190 valence electrons. The minimum Gasteiger partial charge on any atom is -0.396 e. The highest BCUT2D eigenvalue weighted by Crippen LogP contribution is 2.33. The average Bonchev–Trinajstić information content (AvgIpc) is 3.32. The lowest BCUT2D eigenvalue weighted by molar-refractivity contribution is -0.127. The number of hydrogen-bond donors (Lipinski definition) is 5. The summed E-state index contributed by atoms with van der Waals surface area (Å²) in [6, 6.07) is 14.1. The number of benzene rings is 2. The van der Waals surface area contributed by atoms with Gasteiger partial charge in [0.2, 0.25) is 11.8 Å². The lowest BCUT2D eigenvalue weighted by atomic mass is 9.81. The summed E-state index contributed by atoms with van der Waals surface area (Å²) in [5, 5.41) is 23.8. The van der Waals surface area contributed by atoms with Gasteiger partial charge < -0.3 is 27.2 Å². The number of urea groups is 1. The predicted octanol–water partition coefficient (Wildman–Crippen LogP) is 2.12. The van der Waals surface area contributed by atoms with E-state index in [9.17, 15) is 19.5 Å². The molecule has 0 spiro atoms. The molecule has 1 aromatic heterocycles. The van der Waals surface area contributed by atoms with E-state index in [1.165, 1.54) is 4.68 Å². The molecule has 1 heterocycles. The molecule has 2 unspecified atom stereocenters. The van der Waals surface area contributed by atoms with Crippen molar-refractivity contribution in [3.63, 3.8) is 0 Å². The Kier molecular flexibility index (Phi) is 8.38. The largest absolute Gasteiger partial charge is 0.396 e. The van der Waals surface area contributed by atoms with Crippen molar-refractivity contribution in [2.75, 3.05) is 11.9 Å². The van der Waals surface area contributed by atoms with Crippen molar-refractivity contribution in [2.24, 2.45) is 16.9 Å². The molecule has 4 amide bonds. The van der Waals surface area contributed by atoms with Crippen molar-refractivity contribution in [1.29, 1.82) is 0 Å². The number of nitrogens with two attached hydrogens (primary N) is 2. The van der Waals surface area contributed by atoms with E-state index in [-0.39, 0.29) is 19.4 Å². The van der Waals surface area contributed by atoms with Crippen molar-refractivity contribution in [1.82, 2.24) is 20.3 Å². The molecule has 2 atom stereocenters. The number of aromatic nitrogens is 3. The SMILES string of the molecule is CC(C)(CO)C(NC(=O)C(CCC(N)=O)n1cc(-c2cccc(NC(N)=O)c2)nn1)c1ccccc1. The molecule has 0 aliphatic carbocycles. The van der Waals surface area contributed by atoms with Crippen molar-refractivity contribution in [3.05, 3.63) is 66.4 Å². The van der Waals surface area contributed by atoms with Gasteiger partial charge in [-0.1, -0.05) is 61.5 Å². The van der Waals surface area contributed by atoms with Gasteiger partial charge in [-0.15, -0.1) is 5.10 Å². The number of carbonyl (C=O) groups excluding carboxylic acids is 3. The number of nitrogens with zero attached hydrogens (tertiary/aromatic N) is 3. The number of amides is 4. The van der Waals surface area contributed by atoms with Crippen LogP contribution in [0.4, 0.5) is 10.5 Å². The average molecular weight is 494 g/mol. The molecule has 0 radical (unpaired) electrons. The molecule has 0 aliphatic heterocycles. The van der Waals surface area contributed by atoms with Gasteiger partial charge in [0.15, 0.2) is 0 Å². The summed E-state index contributed by atoms with van der Waals surface area (Å²) in [4.78, 5) is 36.2. The Hall–Kier alpha value is -4.25. The fourth-order valence-corrected chi connectivity index (χ4v) is 3.83. The molecule has 11 heteroatoms. The monoisotopic (exact) mass is 493 g/mol. The number of rotatable bonds is 11. The fourth-order valence-electron chi connectivity index (χ4n) is 3.83. The van der Waals surface area contributed by atoms with E-state index in [2.05, 4.69) is 20.9 Å². The van der Waals surface area contributed by atoms with E-state index in [4.69, 9.17) is 11.5 Å². The summed E-state index contributed by atoms with van der Waals surface area (Å²) in [6.45, 7) is 3.54. The number of carbonyl (C=O) groups is 3. The first kappa shape index (κ1) is 26.4. The van der Waals surface area contributed by atoms with Gasteiger partial charge in [-0.25, -0.2) is 9.48 Å². The summed E-state index contributed by atoms with van der Waals surface area (Å²) >= 11 is 0. The number of primary amides is 2. The third-order valence-electron chi connectivity index (χ3n) is 5.83. The molecule has 0 saturated heterocycles. The molecular formula is C25H31N7O4. The normalized spacial score (nSPS) is 13.0. The maximum absolute atomic E-state index is 13.5. The summed E-state index contributed by atoms with van der Waals surface area (Å²) < 4.78 is 1.38. The lowest BCUT2D eigenvalue weighted by Crippen LogP contribution is -2.43. The molecule has 0 aliphatic rings. The molecule has 0 saturated carbocycles. The Bertz CT molecular complexity index is 1210. The van der Waals surface area contributed by atoms with Gasteiger partial charge in [-0.2, -0.15) is 0 Å².